The van der Waals surface area contributed by atoms with Crippen LogP contribution >= 0.6 is 0 Å². The van der Waals surface area contributed by atoms with E-state index < -0.39 is 23.3 Å². The molecule has 0 unspecified atom stereocenters. The number of aryl methyl sites for hydroxylation is 1. The largest absolute Gasteiger partial charge is 0.451 e. The lowest BCUT2D eigenvalue weighted by atomic mass is 10.1. The quantitative estimate of drug-likeness (QED) is 0.749. The molecule has 0 saturated carbocycles. The molecule has 0 saturated heterocycles. The summed E-state index contributed by atoms with van der Waals surface area (Å²) in [6.07, 6.45) is -4.74. The molecule has 4 nitrogen and oxygen atoms in total. The number of benzene rings is 2. The molecule has 128 valence electrons. The SMILES string of the molecule is Cc1ccc(C(=O)Nc2ccc3oc(C(F)(F)F)cc(=O)c3c2)cc1. The number of carbonyl (C=O) groups excluding carboxylic acids is 1. The van der Waals surface area contributed by atoms with Crippen molar-refractivity contribution in [1.29, 1.82) is 0 Å². The minimum absolute atomic E-state index is 0.0466. The van der Waals surface area contributed by atoms with E-state index in [1.165, 1.54) is 18.2 Å². The van der Waals surface area contributed by atoms with Crippen molar-refractivity contribution in [2.75, 3.05) is 5.32 Å². The van der Waals surface area contributed by atoms with E-state index in [4.69, 9.17) is 4.42 Å². The summed E-state index contributed by atoms with van der Waals surface area (Å²) in [5, 5.41) is 2.55. The summed E-state index contributed by atoms with van der Waals surface area (Å²) in [5.74, 6) is -1.75. The van der Waals surface area contributed by atoms with Crippen LogP contribution in [0.4, 0.5) is 18.9 Å². The van der Waals surface area contributed by atoms with Gasteiger partial charge >= 0.3 is 6.18 Å². The van der Waals surface area contributed by atoms with Crippen molar-refractivity contribution in [2.24, 2.45) is 0 Å². The fourth-order valence-electron chi connectivity index (χ4n) is 2.28. The zero-order chi connectivity index (χ0) is 18.2. The Morgan fingerprint density at radius 1 is 1.04 bits per heavy atom. The first-order valence-corrected chi connectivity index (χ1v) is 7.27. The van der Waals surface area contributed by atoms with Crippen molar-refractivity contribution in [3.8, 4) is 0 Å². The molecule has 1 N–H and O–H groups in total. The third-order valence-corrected chi connectivity index (χ3v) is 3.58. The van der Waals surface area contributed by atoms with Gasteiger partial charge in [-0.3, -0.25) is 9.59 Å². The first-order valence-electron chi connectivity index (χ1n) is 7.27. The van der Waals surface area contributed by atoms with Gasteiger partial charge in [0.25, 0.3) is 5.91 Å². The van der Waals surface area contributed by atoms with Gasteiger partial charge in [-0.25, -0.2) is 0 Å². The van der Waals surface area contributed by atoms with E-state index in [1.54, 1.807) is 24.3 Å². The molecule has 1 amide bonds. The highest BCUT2D eigenvalue weighted by atomic mass is 19.4. The number of hydrogen-bond acceptors (Lipinski definition) is 3. The van der Waals surface area contributed by atoms with Gasteiger partial charge in [-0.2, -0.15) is 13.2 Å². The Bertz CT molecular complexity index is 1000. The summed E-state index contributed by atoms with van der Waals surface area (Å²) < 4.78 is 42.7. The van der Waals surface area contributed by atoms with E-state index in [-0.39, 0.29) is 16.7 Å². The molecular formula is C18H12F3NO3. The van der Waals surface area contributed by atoms with Gasteiger partial charge in [0.05, 0.1) is 5.39 Å². The summed E-state index contributed by atoms with van der Waals surface area (Å²) in [6.45, 7) is 1.89. The Labute approximate surface area is 139 Å². The summed E-state index contributed by atoms with van der Waals surface area (Å²) in [7, 11) is 0. The third-order valence-electron chi connectivity index (χ3n) is 3.58. The molecule has 25 heavy (non-hydrogen) atoms. The van der Waals surface area contributed by atoms with Crippen LogP contribution in [0.15, 0.2) is 57.7 Å². The highest BCUT2D eigenvalue weighted by Crippen LogP contribution is 2.30. The minimum atomic E-state index is -4.74. The molecule has 0 atom stereocenters. The molecule has 0 radical (unpaired) electrons. The Balaban J connectivity index is 1.93. The second-order valence-corrected chi connectivity index (χ2v) is 5.50. The van der Waals surface area contributed by atoms with Gasteiger partial charge in [0.15, 0.2) is 5.43 Å². The van der Waals surface area contributed by atoms with Crippen LogP contribution in [0, 0.1) is 6.92 Å². The molecule has 0 aliphatic carbocycles. The predicted molar refractivity (Wildman–Crippen MR) is 86.6 cm³/mol. The van der Waals surface area contributed by atoms with Gasteiger partial charge in [0.1, 0.15) is 5.58 Å². The van der Waals surface area contributed by atoms with Crippen LogP contribution in [0.3, 0.4) is 0 Å². The number of nitrogens with one attached hydrogen (secondary N) is 1. The van der Waals surface area contributed by atoms with E-state index in [0.29, 0.717) is 11.6 Å². The van der Waals surface area contributed by atoms with Gasteiger partial charge in [0, 0.05) is 17.3 Å². The first-order chi connectivity index (χ1) is 11.7. The maximum absolute atomic E-state index is 12.7. The molecule has 0 fully saturated rings. The number of alkyl halides is 3. The fraction of sp³-hybridized carbons (Fsp3) is 0.111. The molecular weight excluding hydrogens is 335 g/mol. The molecule has 3 aromatic rings. The molecule has 0 aliphatic heterocycles. The lowest BCUT2D eigenvalue weighted by Gasteiger charge is -2.08. The second kappa shape index (κ2) is 6.08. The van der Waals surface area contributed by atoms with Crippen molar-refractivity contribution in [3.63, 3.8) is 0 Å². The van der Waals surface area contributed by atoms with Crippen LogP contribution in [0.2, 0.25) is 0 Å². The fourth-order valence-corrected chi connectivity index (χ4v) is 2.28. The minimum Gasteiger partial charge on any atom is -0.451 e. The van der Waals surface area contributed by atoms with E-state index in [1.807, 2.05) is 6.92 Å². The maximum Gasteiger partial charge on any atom is 0.449 e. The summed E-state index contributed by atoms with van der Waals surface area (Å²) >= 11 is 0. The number of rotatable bonds is 2. The zero-order valence-electron chi connectivity index (χ0n) is 13.0. The molecule has 1 aromatic heterocycles. The molecule has 0 spiro atoms. The van der Waals surface area contributed by atoms with Crippen LogP contribution in [-0.4, -0.2) is 5.91 Å². The molecule has 3 rings (SSSR count). The third kappa shape index (κ3) is 3.55. The Morgan fingerprint density at radius 2 is 1.72 bits per heavy atom. The van der Waals surface area contributed by atoms with Crippen LogP contribution in [-0.2, 0) is 6.18 Å². The zero-order valence-corrected chi connectivity index (χ0v) is 13.0. The van der Waals surface area contributed by atoms with Gasteiger partial charge in [-0.05, 0) is 37.3 Å². The summed E-state index contributed by atoms with van der Waals surface area (Å²) in [5.41, 5.74) is 0.670. The number of carbonyl (C=O) groups is 1. The number of halogens is 3. The number of amides is 1. The summed E-state index contributed by atoms with van der Waals surface area (Å²) in [6, 6.07) is 11.1. The number of anilines is 1. The molecule has 7 heteroatoms. The Kier molecular flexibility index (Phi) is 4.08. The van der Waals surface area contributed by atoms with Crippen molar-refractivity contribution in [3.05, 3.63) is 75.6 Å². The maximum atomic E-state index is 12.7. The van der Waals surface area contributed by atoms with Crippen LogP contribution < -0.4 is 10.7 Å². The molecule has 1 heterocycles. The Hall–Kier alpha value is -3.09. The van der Waals surface area contributed by atoms with Gasteiger partial charge in [0.2, 0.25) is 5.76 Å². The van der Waals surface area contributed by atoms with Crippen LogP contribution in [0.25, 0.3) is 11.0 Å². The first kappa shape index (κ1) is 16.8. The van der Waals surface area contributed by atoms with Gasteiger partial charge < -0.3 is 9.73 Å². The average molecular weight is 347 g/mol. The summed E-state index contributed by atoms with van der Waals surface area (Å²) in [4.78, 5) is 24.1. The standard InChI is InChI=1S/C18H12F3NO3/c1-10-2-4-11(5-3-10)17(24)22-12-6-7-15-13(8-12)14(23)9-16(25-15)18(19,20)21/h2-9H,1H3,(H,22,24). The molecule has 0 bridgehead atoms. The monoisotopic (exact) mass is 347 g/mol. The van der Waals surface area contributed by atoms with Crippen molar-refractivity contribution < 1.29 is 22.4 Å². The predicted octanol–water partition coefficient (Wildman–Crippen LogP) is 4.37. The van der Waals surface area contributed by atoms with Crippen molar-refractivity contribution in [2.45, 2.75) is 13.1 Å². The average Bonchev–Trinajstić information content (AvgIpc) is 2.55. The van der Waals surface area contributed by atoms with Crippen LogP contribution in [0.5, 0.6) is 0 Å². The van der Waals surface area contributed by atoms with E-state index in [0.717, 1.165) is 5.56 Å². The Morgan fingerprint density at radius 3 is 2.36 bits per heavy atom. The topological polar surface area (TPSA) is 59.3 Å². The highest BCUT2D eigenvalue weighted by molar-refractivity contribution is 6.05. The van der Waals surface area contributed by atoms with Crippen LogP contribution in [0.1, 0.15) is 21.7 Å². The lowest BCUT2D eigenvalue weighted by molar-refractivity contribution is -0.152. The lowest BCUT2D eigenvalue weighted by Crippen LogP contribution is -2.13. The number of fused-ring (bicyclic) bond motifs is 1. The van der Waals surface area contributed by atoms with Crippen molar-refractivity contribution in [1.82, 2.24) is 0 Å². The van der Waals surface area contributed by atoms with E-state index in [9.17, 15) is 22.8 Å². The smallest absolute Gasteiger partial charge is 0.449 e. The van der Waals surface area contributed by atoms with E-state index in [2.05, 4.69) is 5.32 Å². The van der Waals surface area contributed by atoms with Gasteiger partial charge in [-0.15, -0.1) is 0 Å². The normalized spacial score (nSPS) is 11.5. The molecule has 0 aliphatic rings. The number of hydrogen-bond donors (Lipinski definition) is 1. The van der Waals surface area contributed by atoms with Crippen molar-refractivity contribution >= 4 is 22.6 Å². The van der Waals surface area contributed by atoms with Gasteiger partial charge in [-0.1, -0.05) is 17.7 Å². The molecule has 2 aromatic carbocycles. The van der Waals surface area contributed by atoms with E-state index >= 15 is 0 Å². The second-order valence-electron chi connectivity index (χ2n) is 5.50. The highest BCUT2D eigenvalue weighted by Gasteiger charge is 2.34.